The Morgan fingerprint density at radius 2 is 1.83 bits per heavy atom. The molecule has 0 atom stereocenters. The van der Waals surface area contributed by atoms with Crippen molar-refractivity contribution in [3.63, 3.8) is 0 Å². The number of rotatable bonds is 4. The van der Waals surface area contributed by atoms with E-state index >= 15 is 0 Å². The monoisotopic (exact) mass is 334 g/mol. The van der Waals surface area contributed by atoms with Gasteiger partial charge in [-0.25, -0.2) is 4.68 Å². The van der Waals surface area contributed by atoms with Crippen LogP contribution in [-0.2, 0) is 0 Å². The second-order valence-corrected chi connectivity index (χ2v) is 5.06. The summed E-state index contributed by atoms with van der Waals surface area (Å²) in [6, 6.07) is 13.6. The number of hydrogen-bond donors (Lipinski definition) is 1. The highest BCUT2D eigenvalue weighted by atomic mass is 19.4. The maximum Gasteiger partial charge on any atom is 0.573 e. The van der Waals surface area contributed by atoms with Crippen LogP contribution in [-0.4, -0.2) is 21.1 Å². The van der Waals surface area contributed by atoms with Gasteiger partial charge in [0.05, 0.1) is 5.69 Å². The van der Waals surface area contributed by atoms with Crippen LogP contribution in [0.4, 0.5) is 24.8 Å². The average molecular weight is 334 g/mol. The molecule has 0 unspecified atom stereocenters. The third kappa shape index (κ3) is 4.03. The van der Waals surface area contributed by atoms with Gasteiger partial charge in [-0.15, -0.1) is 18.3 Å². The fourth-order valence-corrected chi connectivity index (χ4v) is 2.17. The molecule has 0 amide bonds. The Morgan fingerprint density at radius 3 is 2.54 bits per heavy atom. The molecule has 0 fully saturated rings. The van der Waals surface area contributed by atoms with Gasteiger partial charge >= 0.3 is 6.36 Å². The van der Waals surface area contributed by atoms with Gasteiger partial charge in [-0.2, -0.15) is 4.98 Å². The van der Waals surface area contributed by atoms with E-state index < -0.39 is 6.36 Å². The fraction of sp³-hybridized carbons (Fsp3) is 0.125. The van der Waals surface area contributed by atoms with E-state index in [0.29, 0.717) is 11.3 Å². The van der Waals surface area contributed by atoms with Crippen LogP contribution >= 0.6 is 0 Å². The molecular weight excluding hydrogens is 321 g/mol. The summed E-state index contributed by atoms with van der Waals surface area (Å²) in [4.78, 5) is 4.10. The minimum Gasteiger partial charge on any atom is -0.406 e. The fourth-order valence-electron chi connectivity index (χ4n) is 2.17. The van der Waals surface area contributed by atoms with Gasteiger partial charge in [0, 0.05) is 11.8 Å². The van der Waals surface area contributed by atoms with Gasteiger partial charge in [0.1, 0.15) is 12.1 Å². The number of para-hydroxylation sites is 1. The van der Waals surface area contributed by atoms with Crippen molar-refractivity contribution in [3.05, 3.63) is 60.4 Å². The van der Waals surface area contributed by atoms with Gasteiger partial charge < -0.3 is 10.1 Å². The maximum atomic E-state index is 12.4. The van der Waals surface area contributed by atoms with Crippen LogP contribution in [0.2, 0.25) is 0 Å². The third-order valence-electron chi connectivity index (χ3n) is 3.05. The van der Waals surface area contributed by atoms with E-state index in [9.17, 15) is 13.2 Å². The van der Waals surface area contributed by atoms with Crippen molar-refractivity contribution in [1.29, 1.82) is 0 Å². The molecule has 124 valence electrons. The Balaban J connectivity index is 1.80. The van der Waals surface area contributed by atoms with E-state index in [4.69, 9.17) is 0 Å². The van der Waals surface area contributed by atoms with E-state index in [0.717, 1.165) is 5.69 Å². The quantitative estimate of drug-likeness (QED) is 0.776. The van der Waals surface area contributed by atoms with Gasteiger partial charge in [-0.3, -0.25) is 0 Å². The zero-order valence-corrected chi connectivity index (χ0v) is 12.6. The van der Waals surface area contributed by atoms with Crippen molar-refractivity contribution in [2.45, 2.75) is 13.3 Å². The molecule has 1 aromatic heterocycles. The topological polar surface area (TPSA) is 52.0 Å². The number of ether oxygens (including phenoxy) is 1. The van der Waals surface area contributed by atoms with Crippen molar-refractivity contribution in [3.8, 4) is 11.4 Å². The minimum absolute atomic E-state index is 0.266. The Morgan fingerprint density at radius 1 is 1.08 bits per heavy atom. The molecular formula is C16H13F3N4O. The highest BCUT2D eigenvalue weighted by Crippen LogP contribution is 2.27. The lowest BCUT2D eigenvalue weighted by molar-refractivity contribution is -0.274. The van der Waals surface area contributed by atoms with E-state index in [2.05, 4.69) is 20.1 Å². The zero-order valence-electron chi connectivity index (χ0n) is 12.6. The summed E-state index contributed by atoms with van der Waals surface area (Å²) in [5, 5.41) is 7.11. The molecule has 1 N–H and O–H groups in total. The second kappa shape index (κ2) is 6.23. The summed E-state index contributed by atoms with van der Waals surface area (Å²) >= 11 is 0. The van der Waals surface area contributed by atoms with Crippen molar-refractivity contribution in [2.75, 3.05) is 5.32 Å². The van der Waals surface area contributed by atoms with Crippen LogP contribution in [0.3, 0.4) is 0 Å². The summed E-state index contributed by atoms with van der Waals surface area (Å²) in [7, 11) is 0. The summed E-state index contributed by atoms with van der Waals surface area (Å²) in [6.07, 6.45) is -3.22. The average Bonchev–Trinajstić information content (AvgIpc) is 2.94. The first-order valence-corrected chi connectivity index (χ1v) is 7.01. The predicted molar refractivity (Wildman–Crippen MR) is 82.5 cm³/mol. The lowest BCUT2D eigenvalue weighted by Gasteiger charge is -2.11. The lowest BCUT2D eigenvalue weighted by atomic mass is 10.2. The number of aryl methyl sites for hydroxylation is 1. The smallest absolute Gasteiger partial charge is 0.406 e. The summed E-state index contributed by atoms with van der Waals surface area (Å²) < 4.78 is 42.6. The van der Waals surface area contributed by atoms with Crippen molar-refractivity contribution in [2.24, 2.45) is 0 Å². The molecule has 5 nitrogen and oxygen atoms in total. The number of alkyl halides is 3. The standard InChI is InChI=1S/C16H13F3N4O/c1-11-7-12(9-14(8-11)24-16(17,18)19)21-15-20-10-23(22-15)13-5-3-2-4-6-13/h2-10H,1H3,(H,21,22). The molecule has 0 bridgehead atoms. The van der Waals surface area contributed by atoms with Gasteiger partial charge in [0.25, 0.3) is 0 Å². The van der Waals surface area contributed by atoms with Crippen LogP contribution in [0.1, 0.15) is 5.56 Å². The van der Waals surface area contributed by atoms with Crippen LogP contribution in [0.15, 0.2) is 54.9 Å². The molecule has 0 spiro atoms. The summed E-state index contributed by atoms with van der Waals surface area (Å²) in [6.45, 7) is 1.67. The number of nitrogens with one attached hydrogen (secondary N) is 1. The molecule has 3 rings (SSSR count). The number of nitrogens with zero attached hydrogens (tertiary/aromatic N) is 3. The van der Waals surface area contributed by atoms with Crippen molar-refractivity contribution < 1.29 is 17.9 Å². The number of halogens is 3. The van der Waals surface area contributed by atoms with Gasteiger partial charge in [0.15, 0.2) is 0 Å². The zero-order chi connectivity index (χ0) is 17.2. The SMILES string of the molecule is Cc1cc(Nc2ncn(-c3ccccc3)n2)cc(OC(F)(F)F)c1. The molecule has 24 heavy (non-hydrogen) atoms. The molecule has 2 aromatic carbocycles. The Kier molecular flexibility index (Phi) is 4.11. The number of aromatic nitrogens is 3. The molecule has 1 heterocycles. The first kappa shape index (κ1) is 15.9. The largest absolute Gasteiger partial charge is 0.573 e. The number of anilines is 2. The Labute approximate surface area is 135 Å². The van der Waals surface area contributed by atoms with E-state index in [1.54, 1.807) is 17.7 Å². The number of hydrogen-bond acceptors (Lipinski definition) is 4. The van der Waals surface area contributed by atoms with E-state index in [1.807, 2.05) is 30.3 Å². The highest BCUT2D eigenvalue weighted by Gasteiger charge is 2.31. The lowest BCUT2D eigenvalue weighted by Crippen LogP contribution is -2.17. The van der Waals surface area contributed by atoms with E-state index in [1.165, 1.54) is 18.5 Å². The molecule has 0 saturated carbocycles. The Hall–Kier alpha value is -3.03. The molecule has 0 aliphatic rings. The first-order chi connectivity index (χ1) is 11.4. The Bertz CT molecular complexity index is 831. The maximum absolute atomic E-state index is 12.4. The highest BCUT2D eigenvalue weighted by molar-refractivity contribution is 5.57. The van der Waals surface area contributed by atoms with Crippen LogP contribution < -0.4 is 10.1 Å². The predicted octanol–water partition coefficient (Wildman–Crippen LogP) is 4.22. The van der Waals surface area contributed by atoms with E-state index in [-0.39, 0.29) is 11.7 Å². The number of benzene rings is 2. The van der Waals surface area contributed by atoms with Gasteiger partial charge in [0.2, 0.25) is 5.95 Å². The molecule has 0 radical (unpaired) electrons. The molecule has 0 aliphatic carbocycles. The third-order valence-corrected chi connectivity index (χ3v) is 3.05. The van der Waals surface area contributed by atoms with Gasteiger partial charge in [-0.1, -0.05) is 18.2 Å². The minimum atomic E-state index is -4.74. The summed E-state index contributed by atoms with van der Waals surface area (Å²) in [5.41, 5.74) is 1.84. The molecule has 0 saturated heterocycles. The normalized spacial score (nSPS) is 11.3. The van der Waals surface area contributed by atoms with Crippen LogP contribution in [0.25, 0.3) is 5.69 Å². The van der Waals surface area contributed by atoms with Gasteiger partial charge in [-0.05, 0) is 36.8 Å². The van der Waals surface area contributed by atoms with Crippen LogP contribution in [0, 0.1) is 6.92 Å². The first-order valence-electron chi connectivity index (χ1n) is 7.01. The van der Waals surface area contributed by atoms with Crippen molar-refractivity contribution in [1.82, 2.24) is 14.8 Å². The summed E-state index contributed by atoms with van der Waals surface area (Å²) in [5.74, 6) is -0.0325. The molecule has 8 heteroatoms. The van der Waals surface area contributed by atoms with Crippen LogP contribution in [0.5, 0.6) is 5.75 Å². The van der Waals surface area contributed by atoms with Crippen molar-refractivity contribution >= 4 is 11.6 Å². The second-order valence-electron chi connectivity index (χ2n) is 5.06. The molecule has 3 aromatic rings. The molecule has 0 aliphatic heterocycles.